The maximum atomic E-state index is 12.8. The summed E-state index contributed by atoms with van der Waals surface area (Å²) in [4.78, 5) is 140. The number of hydrogen-bond donors (Lipinski definition) is 7. The lowest BCUT2D eigenvalue weighted by Gasteiger charge is -2.31. The van der Waals surface area contributed by atoms with E-state index in [1.807, 2.05) is 48.5 Å². The lowest BCUT2D eigenvalue weighted by molar-refractivity contribution is -0.199. The van der Waals surface area contributed by atoms with Crippen molar-refractivity contribution in [3.63, 3.8) is 0 Å². The van der Waals surface area contributed by atoms with Gasteiger partial charge in [0.2, 0.25) is 29.5 Å². The van der Waals surface area contributed by atoms with Gasteiger partial charge < -0.3 is 72.2 Å². The largest absolute Gasteiger partial charge is 0.444 e. The van der Waals surface area contributed by atoms with Crippen LogP contribution in [-0.4, -0.2) is 177 Å². The van der Waals surface area contributed by atoms with E-state index in [4.69, 9.17) is 46.8 Å². The molecule has 0 spiro atoms. The van der Waals surface area contributed by atoms with Crippen LogP contribution in [0.2, 0.25) is 0 Å². The first-order valence-corrected chi connectivity index (χ1v) is 32.1. The number of nitrogens with zero attached hydrogens (tertiary/aromatic N) is 6. The number of nitrogens with one attached hydrogen (secondary N) is 4. The molecule has 5 aliphatic rings. The standard InChI is InChI=1S/C16H29N3O4.C16H27N3O3.C15H24N2O6.C11H19N3O.C5H10N2O/c1-6-10(2)12(18-15(22)23-16(3,4)5)14(21)19-9-7-8-11(19)13(17)20;1-6-11(2)13(18-15(21)22-16(3,4)5)14(20)19-9-7-8-12(19)10-17;1-6-9(2)12(16-14(21)22-15(3,4)5)13(20)23-17-10(18)7-8-11(17)19;1-3-8(2)10(13)11(15)14-6-4-5-9(14)7-12;6-5(8)4-2-1-3-7-4/h10-12H,6-9H2,1-5H3,(H2,17,20)(H,18,22);11-13H,6-9H2,1-5H3,(H,18,21);9,12H,6-8H2,1-5H3,(H,16,21);8-10H,3-6,13H2,1-2H3;4,7H,1-3H2,(H2,6,8)/t10?,11?,12-;11?,12-,13-;9?,12-;8?,9-,10-;4-/m00000/s1. The molecule has 0 aromatic heterocycles. The van der Waals surface area contributed by atoms with Gasteiger partial charge in [-0.2, -0.15) is 10.5 Å². The van der Waals surface area contributed by atoms with Crippen LogP contribution in [0.15, 0.2) is 0 Å². The van der Waals surface area contributed by atoms with Crippen molar-refractivity contribution in [1.82, 2.24) is 41.0 Å². The number of likely N-dealkylation sites (tertiary alicyclic amines) is 3. The van der Waals surface area contributed by atoms with Gasteiger partial charge in [0.1, 0.15) is 53.1 Å². The molecule has 0 aromatic rings. The summed E-state index contributed by atoms with van der Waals surface area (Å²) in [6, 6.07) is 0.177. The zero-order valence-electron chi connectivity index (χ0n) is 57.2. The predicted molar refractivity (Wildman–Crippen MR) is 337 cm³/mol. The molecule has 5 saturated heterocycles. The minimum Gasteiger partial charge on any atom is -0.444 e. The fourth-order valence-corrected chi connectivity index (χ4v) is 9.77. The Morgan fingerprint density at radius 3 is 1.24 bits per heavy atom. The number of nitriles is 2. The molecule has 28 heteroatoms. The van der Waals surface area contributed by atoms with Crippen LogP contribution in [0.5, 0.6) is 0 Å². The van der Waals surface area contributed by atoms with E-state index in [0.717, 1.165) is 57.9 Å². The molecule has 5 heterocycles. The highest BCUT2D eigenvalue weighted by Gasteiger charge is 2.41. The molecule has 12 atom stereocenters. The number of rotatable bonds is 18. The van der Waals surface area contributed by atoms with Crippen LogP contribution < -0.4 is 38.5 Å². The van der Waals surface area contributed by atoms with Crippen LogP contribution in [0.3, 0.4) is 0 Å². The molecule has 28 nitrogen and oxygen atoms in total. The van der Waals surface area contributed by atoms with Gasteiger partial charge in [-0.3, -0.25) is 33.6 Å². The second-order valence-corrected chi connectivity index (χ2v) is 26.7. The molecule has 0 saturated carbocycles. The van der Waals surface area contributed by atoms with Gasteiger partial charge in [-0.25, -0.2) is 19.2 Å². The fourth-order valence-electron chi connectivity index (χ4n) is 9.77. The zero-order chi connectivity index (χ0) is 69.9. The van der Waals surface area contributed by atoms with E-state index in [-0.39, 0.29) is 78.3 Å². The third-order valence-electron chi connectivity index (χ3n) is 15.8. The van der Waals surface area contributed by atoms with Crippen molar-refractivity contribution in [3.05, 3.63) is 0 Å². The smallest absolute Gasteiger partial charge is 0.408 e. The Labute approximate surface area is 539 Å². The molecule has 0 aromatic carbocycles. The second kappa shape index (κ2) is 38.5. The number of carbonyl (C=O) groups is 11. The zero-order valence-corrected chi connectivity index (χ0v) is 57.2. The van der Waals surface area contributed by atoms with Gasteiger partial charge in [0.05, 0.1) is 24.2 Å². The van der Waals surface area contributed by atoms with Crippen LogP contribution >= 0.6 is 0 Å². The Morgan fingerprint density at radius 2 is 0.901 bits per heavy atom. The third kappa shape index (κ3) is 28.4. The number of amides is 10. The van der Waals surface area contributed by atoms with E-state index in [1.54, 1.807) is 79.0 Å². The highest BCUT2D eigenvalue weighted by molar-refractivity contribution is 6.02. The average Bonchev–Trinajstić information content (AvgIpc) is 1.90. The van der Waals surface area contributed by atoms with E-state index >= 15 is 0 Å². The number of alkyl carbamates (subject to hydrolysis) is 3. The molecular weight excluding hydrogens is 1180 g/mol. The highest BCUT2D eigenvalue weighted by atomic mass is 16.7. The summed E-state index contributed by atoms with van der Waals surface area (Å²) in [5.41, 5.74) is 14.3. The van der Waals surface area contributed by atoms with Crippen molar-refractivity contribution in [2.45, 2.75) is 273 Å². The average molecular weight is 1290 g/mol. The molecule has 5 fully saturated rings. The number of hydroxylamine groups is 2. The van der Waals surface area contributed by atoms with Gasteiger partial charge in [-0.15, -0.1) is 5.06 Å². The van der Waals surface area contributed by atoms with Gasteiger partial charge in [0, 0.05) is 32.5 Å². The number of nitrogens with two attached hydrogens (primary N) is 3. The monoisotopic (exact) mass is 1290 g/mol. The van der Waals surface area contributed by atoms with Crippen molar-refractivity contribution in [3.8, 4) is 12.1 Å². The number of imide groups is 1. The molecule has 10 amide bonds. The highest BCUT2D eigenvalue weighted by Crippen LogP contribution is 2.25. The van der Waals surface area contributed by atoms with Gasteiger partial charge in [-0.05, 0) is 144 Å². The van der Waals surface area contributed by atoms with Crippen molar-refractivity contribution < 1.29 is 71.8 Å². The molecule has 0 radical (unpaired) electrons. The minimum absolute atomic E-state index is 0.0135. The summed E-state index contributed by atoms with van der Waals surface area (Å²) in [5.74, 6) is -3.44. The van der Waals surface area contributed by atoms with E-state index < -0.39 is 89.0 Å². The first-order valence-electron chi connectivity index (χ1n) is 32.1. The summed E-state index contributed by atoms with van der Waals surface area (Å²) in [6.07, 6.45) is 7.47. The van der Waals surface area contributed by atoms with Crippen LogP contribution in [0.4, 0.5) is 14.4 Å². The lowest BCUT2D eigenvalue weighted by atomic mass is 9.97. The van der Waals surface area contributed by atoms with E-state index in [0.29, 0.717) is 50.4 Å². The summed E-state index contributed by atoms with van der Waals surface area (Å²) in [5, 5.41) is 29.3. The third-order valence-corrected chi connectivity index (χ3v) is 15.8. The lowest BCUT2D eigenvalue weighted by Crippen LogP contribution is -2.55. The molecule has 0 bridgehead atoms. The molecule has 516 valence electrons. The summed E-state index contributed by atoms with van der Waals surface area (Å²) in [7, 11) is 0. The molecule has 5 unspecified atom stereocenters. The topological polar surface area (TPSA) is 411 Å². The predicted octanol–water partition coefficient (Wildman–Crippen LogP) is 5.47. The molecule has 10 N–H and O–H groups in total. The van der Waals surface area contributed by atoms with E-state index in [1.165, 1.54) is 4.90 Å². The molecule has 0 aliphatic carbocycles. The van der Waals surface area contributed by atoms with Gasteiger partial charge in [-0.1, -0.05) is 81.1 Å². The number of ether oxygens (including phenoxy) is 3. The van der Waals surface area contributed by atoms with Crippen LogP contribution in [0.25, 0.3) is 0 Å². The Morgan fingerprint density at radius 1 is 0.538 bits per heavy atom. The molecule has 91 heavy (non-hydrogen) atoms. The van der Waals surface area contributed by atoms with Crippen molar-refractivity contribution in [2.75, 3.05) is 26.2 Å². The fraction of sp³-hybridized carbons (Fsp3) is 0.794. The first-order chi connectivity index (χ1) is 42.2. The first kappa shape index (κ1) is 81.7. The Balaban J connectivity index is 0.000000587. The Hall–Kier alpha value is -7.33. The molecular formula is C63H109N13O15. The SMILES string of the molecule is CCC(C)[C@H](N)C(=O)N1CCC[C@H]1C#N.CCC(C)[C@H](NC(=O)OC(C)(C)C)C(=O)N1CCCC1C(N)=O.CCC(C)[C@H](NC(=O)OC(C)(C)C)C(=O)N1CCC[C@H]1C#N.CCC(C)[C@H](NC(=O)OC(C)(C)C)C(=O)ON1C(=O)CCC1=O.NC(=O)[C@@H]1CCCN1. The molecule has 5 aliphatic heterocycles. The number of primary amides is 2. The van der Waals surface area contributed by atoms with Gasteiger partial charge in [0.25, 0.3) is 11.8 Å². The summed E-state index contributed by atoms with van der Waals surface area (Å²) >= 11 is 0. The van der Waals surface area contributed by atoms with Crippen molar-refractivity contribution in [1.29, 1.82) is 10.5 Å². The van der Waals surface area contributed by atoms with E-state index in [9.17, 15) is 52.7 Å². The number of carbonyl (C=O) groups excluding carboxylic acids is 11. The van der Waals surface area contributed by atoms with Crippen molar-refractivity contribution >= 4 is 65.6 Å². The summed E-state index contributed by atoms with van der Waals surface area (Å²) in [6.45, 7) is 33.7. The second-order valence-electron chi connectivity index (χ2n) is 26.7. The van der Waals surface area contributed by atoms with Crippen LogP contribution in [0.1, 0.15) is 208 Å². The van der Waals surface area contributed by atoms with E-state index in [2.05, 4.69) is 33.4 Å². The van der Waals surface area contributed by atoms with Crippen molar-refractivity contribution in [2.24, 2.45) is 40.9 Å². The maximum absolute atomic E-state index is 12.8. The molecule has 5 rings (SSSR count). The summed E-state index contributed by atoms with van der Waals surface area (Å²) < 4.78 is 15.6. The van der Waals surface area contributed by atoms with Crippen LogP contribution in [-0.2, 0) is 57.4 Å². The Kier molecular flexibility index (Phi) is 34.6. The Bertz CT molecular complexity index is 2510. The normalized spacial score (nSPS) is 21.3. The van der Waals surface area contributed by atoms with Gasteiger partial charge >= 0.3 is 24.2 Å². The van der Waals surface area contributed by atoms with Crippen LogP contribution in [0, 0.1) is 46.3 Å². The minimum atomic E-state index is -1.02. The maximum Gasteiger partial charge on any atom is 0.408 e. The van der Waals surface area contributed by atoms with Gasteiger partial charge in [0.15, 0.2) is 0 Å². The quantitative estimate of drug-likeness (QED) is 0.0660. The number of hydrogen-bond acceptors (Lipinski definition) is 19.